The molecule has 0 bridgehead atoms. The molecule has 1 atom stereocenters. The number of carbonyl (C=O) groups is 1. The molecule has 1 amide bonds. The molecule has 3 heterocycles. The largest absolute Gasteiger partial charge is 0.347 e. The molecule has 1 N–H and O–H groups in total. The molecule has 4 rings (SSSR count). The van der Waals surface area contributed by atoms with Gasteiger partial charge in [-0.1, -0.05) is 6.07 Å². The standard InChI is InChI=1S/C18H22N4O/c23-17(11-14-12-22-10-2-1-8-16(22)20-14)21-15-7-3-5-13-6-4-9-19-18(13)15/h4,6,9,12,15H,1-3,5,7-8,10-11H2,(H,21,23)/t15-/m0/s1. The van der Waals surface area contributed by atoms with Crippen molar-refractivity contribution >= 4 is 5.91 Å². The quantitative estimate of drug-likeness (QED) is 0.946. The zero-order valence-corrected chi connectivity index (χ0v) is 13.3. The SMILES string of the molecule is O=C(Cc1cn2c(n1)CCCC2)N[C@H]1CCCc2cccnc21. The molecule has 2 aromatic rings. The predicted molar refractivity (Wildman–Crippen MR) is 86.9 cm³/mol. The molecule has 0 unspecified atom stereocenters. The van der Waals surface area contributed by atoms with Crippen LogP contribution in [0.1, 0.15) is 54.5 Å². The van der Waals surface area contributed by atoms with Crippen LogP contribution in [-0.2, 0) is 30.6 Å². The maximum Gasteiger partial charge on any atom is 0.226 e. The molecule has 0 fully saturated rings. The van der Waals surface area contributed by atoms with Gasteiger partial charge in [-0.15, -0.1) is 0 Å². The number of hydrogen-bond donors (Lipinski definition) is 1. The number of fused-ring (bicyclic) bond motifs is 2. The number of imidazole rings is 1. The van der Waals surface area contributed by atoms with E-state index in [1.165, 1.54) is 18.4 Å². The van der Waals surface area contributed by atoms with Gasteiger partial charge in [0.2, 0.25) is 5.91 Å². The Kier molecular flexibility index (Phi) is 3.85. The second-order valence-corrected chi connectivity index (χ2v) is 6.54. The molecule has 5 heteroatoms. The molecule has 1 aliphatic heterocycles. The number of nitrogens with zero attached hydrogens (tertiary/aromatic N) is 3. The summed E-state index contributed by atoms with van der Waals surface area (Å²) in [6, 6.07) is 4.13. The van der Waals surface area contributed by atoms with E-state index in [1.807, 2.05) is 18.5 Å². The van der Waals surface area contributed by atoms with Crippen LogP contribution >= 0.6 is 0 Å². The number of aromatic nitrogens is 3. The summed E-state index contributed by atoms with van der Waals surface area (Å²) in [6.45, 7) is 1.03. The van der Waals surface area contributed by atoms with E-state index in [-0.39, 0.29) is 11.9 Å². The molecule has 0 aromatic carbocycles. The van der Waals surface area contributed by atoms with Crippen molar-refractivity contribution in [2.45, 2.75) is 57.5 Å². The number of amides is 1. The number of hydrogen-bond acceptors (Lipinski definition) is 3. The molecule has 2 aliphatic rings. The van der Waals surface area contributed by atoms with E-state index in [0.717, 1.165) is 49.4 Å². The highest BCUT2D eigenvalue weighted by molar-refractivity contribution is 5.78. The number of carbonyl (C=O) groups excluding carboxylic acids is 1. The maximum absolute atomic E-state index is 12.4. The molecular formula is C18H22N4O. The van der Waals surface area contributed by atoms with E-state index in [0.29, 0.717) is 6.42 Å². The first-order valence-corrected chi connectivity index (χ1v) is 8.58. The van der Waals surface area contributed by atoms with Gasteiger partial charge in [-0.3, -0.25) is 9.78 Å². The van der Waals surface area contributed by atoms with Crippen LogP contribution in [0.15, 0.2) is 24.5 Å². The lowest BCUT2D eigenvalue weighted by Crippen LogP contribution is -2.32. The Bertz CT molecular complexity index is 698. The van der Waals surface area contributed by atoms with Crippen molar-refractivity contribution < 1.29 is 4.79 Å². The lowest BCUT2D eigenvalue weighted by molar-refractivity contribution is -0.121. The van der Waals surface area contributed by atoms with Crippen LogP contribution < -0.4 is 5.32 Å². The van der Waals surface area contributed by atoms with Crippen molar-refractivity contribution in [1.29, 1.82) is 0 Å². The molecule has 2 aromatic heterocycles. The van der Waals surface area contributed by atoms with Crippen molar-refractivity contribution in [2.75, 3.05) is 0 Å². The number of aryl methyl sites for hydroxylation is 3. The molecule has 0 saturated carbocycles. The van der Waals surface area contributed by atoms with Gasteiger partial charge in [-0.05, 0) is 43.7 Å². The van der Waals surface area contributed by atoms with Gasteiger partial charge >= 0.3 is 0 Å². The van der Waals surface area contributed by atoms with Crippen molar-refractivity contribution in [3.63, 3.8) is 0 Å². The Balaban J connectivity index is 1.44. The monoisotopic (exact) mass is 310 g/mol. The molecule has 0 radical (unpaired) electrons. The summed E-state index contributed by atoms with van der Waals surface area (Å²) >= 11 is 0. The van der Waals surface area contributed by atoms with Crippen LogP contribution in [-0.4, -0.2) is 20.4 Å². The molecule has 1 aliphatic carbocycles. The Hall–Kier alpha value is -2.17. The van der Waals surface area contributed by atoms with Crippen molar-refractivity contribution in [3.05, 3.63) is 47.3 Å². The maximum atomic E-state index is 12.4. The zero-order valence-electron chi connectivity index (χ0n) is 13.3. The zero-order chi connectivity index (χ0) is 15.6. The number of nitrogens with one attached hydrogen (secondary N) is 1. The highest BCUT2D eigenvalue weighted by Crippen LogP contribution is 2.27. The van der Waals surface area contributed by atoms with Crippen LogP contribution in [0.25, 0.3) is 0 Å². The van der Waals surface area contributed by atoms with Crippen LogP contribution in [0.4, 0.5) is 0 Å². The summed E-state index contributed by atoms with van der Waals surface area (Å²) in [6.07, 6.45) is 10.8. The second kappa shape index (κ2) is 6.14. The van der Waals surface area contributed by atoms with Crippen LogP contribution in [0, 0.1) is 0 Å². The number of pyridine rings is 1. The second-order valence-electron chi connectivity index (χ2n) is 6.54. The highest BCUT2D eigenvalue weighted by Gasteiger charge is 2.23. The summed E-state index contributed by atoms with van der Waals surface area (Å²) in [5, 5.41) is 3.15. The molecule has 0 spiro atoms. The van der Waals surface area contributed by atoms with E-state index in [2.05, 4.69) is 25.9 Å². The lowest BCUT2D eigenvalue weighted by atomic mass is 9.92. The van der Waals surface area contributed by atoms with E-state index < -0.39 is 0 Å². The van der Waals surface area contributed by atoms with Crippen LogP contribution in [0.5, 0.6) is 0 Å². The van der Waals surface area contributed by atoms with Crippen molar-refractivity contribution in [2.24, 2.45) is 0 Å². The Labute approximate surface area is 136 Å². The summed E-state index contributed by atoms with van der Waals surface area (Å²) in [5.41, 5.74) is 3.19. The Morgan fingerprint density at radius 2 is 2.26 bits per heavy atom. The minimum atomic E-state index is 0.0453. The highest BCUT2D eigenvalue weighted by atomic mass is 16.1. The summed E-state index contributed by atoms with van der Waals surface area (Å²) in [7, 11) is 0. The fraction of sp³-hybridized carbons (Fsp3) is 0.500. The van der Waals surface area contributed by atoms with Crippen molar-refractivity contribution in [3.8, 4) is 0 Å². The third kappa shape index (κ3) is 3.00. The smallest absolute Gasteiger partial charge is 0.226 e. The molecular weight excluding hydrogens is 288 g/mol. The summed E-state index contributed by atoms with van der Waals surface area (Å²) in [4.78, 5) is 21.5. The van der Waals surface area contributed by atoms with Gasteiger partial charge in [0.15, 0.2) is 0 Å². The Morgan fingerprint density at radius 3 is 3.17 bits per heavy atom. The minimum Gasteiger partial charge on any atom is -0.347 e. The van der Waals surface area contributed by atoms with Crippen LogP contribution in [0.2, 0.25) is 0 Å². The van der Waals surface area contributed by atoms with E-state index in [1.54, 1.807) is 0 Å². The van der Waals surface area contributed by atoms with Gasteiger partial charge in [0.1, 0.15) is 5.82 Å². The van der Waals surface area contributed by atoms with Gasteiger partial charge < -0.3 is 9.88 Å². The van der Waals surface area contributed by atoms with Crippen molar-refractivity contribution in [1.82, 2.24) is 19.9 Å². The van der Waals surface area contributed by atoms with Gasteiger partial charge in [-0.2, -0.15) is 0 Å². The topological polar surface area (TPSA) is 59.8 Å². The molecule has 0 saturated heterocycles. The van der Waals surface area contributed by atoms with Gasteiger partial charge in [-0.25, -0.2) is 4.98 Å². The predicted octanol–water partition coefficient (Wildman–Crippen LogP) is 2.35. The minimum absolute atomic E-state index is 0.0453. The van der Waals surface area contributed by atoms with Gasteiger partial charge in [0, 0.05) is 25.4 Å². The fourth-order valence-electron chi connectivity index (χ4n) is 3.72. The van der Waals surface area contributed by atoms with Crippen LogP contribution in [0.3, 0.4) is 0 Å². The van der Waals surface area contributed by atoms with E-state index in [9.17, 15) is 4.79 Å². The first-order valence-electron chi connectivity index (χ1n) is 8.58. The molecule has 23 heavy (non-hydrogen) atoms. The summed E-state index contributed by atoms with van der Waals surface area (Å²) < 4.78 is 2.20. The average Bonchev–Trinajstić information content (AvgIpc) is 2.97. The summed E-state index contributed by atoms with van der Waals surface area (Å²) in [5.74, 6) is 1.17. The van der Waals surface area contributed by atoms with E-state index >= 15 is 0 Å². The first kappa shape index (κ1) is 14.4. The normalized spacial score (nSPS) is 19.7. The first-order chi connectivity index (χ1) is 11.3. The fourth-order valence-corrected chi connectivity index (χ4v) is 3.72. The van der Waals surface area contributed by atoms with Gasteiger partial charge in [0.25, 0.3) is 0 Å². The average molecular weight is 310 g/mol. The third-order valence-electron chi connectivity index (χ3n) is 4.83. The lowest BCUT2D eigenvalue weighted by Gasteiger charge is -2.25. The third-order valence-corrected chi connectivity index (χ3v) is 4.83. The number of rotatable bonds is 3. The molecule has 120 valence electrons. The Morgan fingerprint density at radius 1 is 1.30 bits per heavy atom. The van der Waals surface area contributed by atoms with Gasteiger partial charge in [0.05, 0.1) is 23.9 Å². The van der Waals surface area contributed by atoms with E-state index in [4.69, 9.17) is 0 Å². The molecule has 5 nitrogen and oxygen atoms in total.